The minimum absolute atomic E-state index is 0.0271. The van der Waals surface area contributed by atoms with Gasteiger partial charge in [0.1, 0.15) is 0 Å². The van der Waals surface area contributed by atoms with E-state index in [0.29, 0.717) is 0 Å². The van der Waals surface area contributed by atoms with Crippen LogP contribution in [-0.2, 0) is 4.79 Å². The van der Waals surface area contributed by atoms with Crippen molar-refractivity contribution in [3.8, 4) is 0 Å². The monoisotopic (exact) mass is 315 g/mol. The first-order chi connectivity index (χ1) is 11.8. The van der Waals surface area contributed by atoms with Crippen molar-refractivity contribution in [2.24, 2.45) is 0 Å². The molecule has 120 valence electrons. The first kappa shape index (κ1) is 16.0. The highest BCUT2D eigenvalue weighted by Crippen LogP contribution is 2.36. The maximum atomic E-state index is 11.9. The van der Waals surface area contributed by atoms with E-state index >= 15 is 0 Å². The van der Waals surface area contributed by atoms with Crippen LogP contribution in [0.3, 0.4) is 0 Å². The molecule has 0 spiro atoms. The molecule has 3 aromatic carbocycles. The van der Waals surface area contributed by atoms with Crippen LogP contribution in [0.1, 0.15) is 35.6 Å². The minimum Gasteiger partial charge on any atom is -0.349 e. The van der Waals surface area contributed by atoms with Crippen LogP contribution < -0.4 is 5.32 Å². The molecular formula is C22H21NO. The minimum atomic E-state index is -0.117. The van der Waals surface area contributed by atoms with Crippen molar-refractivity contribution in [3.63, 3.8) is 0 Å². The quantitative estimate of drug-likeness (QED) is 0.727. The first-order valence-electron chi connectivity index (χ1n) is 8.17. The largest absolute Gasteiger partial charge is 0.349 e. The second-order valence-electron chi connectivity index (χ2n) is 5.89. The smallest absolute Gasteiger partial charge is 0.217 e. The van der Waals surface area contributed by atoms with Gasteiger partial charge in [-0.2, -0.15) is 0 Å². The number of amides is 1. The molecule has 24 heavy (non-hydrogen) atoms. The van der Waals surface area contributed by atoms with Gasteiger partial charge in [0.15, 0.2) is 0 Å². The normalized spacial score (nSPS) is 11.9. The molecule has 3 aromatic rings. The third kappa shape index (κ3) is 3.72. The number of benzene rings is 3. The van der Waals surface area contributed by atoms with Crippen LogP contribution in [0.2, 0.25) is 0 Å². The van der Waals surface area contributed by atoms with Crippen molar-refractivity contribution in [2.75, 3.05) is 0 Å². The van der Waals surface area contributed by atoms with Gasteiger partial charge >= 0.3 is 0 Å². The van der Waals surface area contributed by atoms with Crippen molar-refractivity contribution in [1.82, 2.24) is 5.32 Å². The lowest BCUT2D eigenvalue weighted by Gasteiger charge is -2.29. The molecule has 0 aromatic heterocycles. The number of carbonyl (C=O) groups excluding carboxylic acids is 1. The van der Waals surface area contributed by atoms with Crippen LogP contribution in [0, 0.1) is 0 Å². The van der Waals surface area contributed by atoms with Crippen LogP contribution in [0.25, 0.3) is 0 Å². The van der Waals surface area contributed by atoms with Crippen LogP contribution in [0.15, 0.2) is 91.0 Å². The molecule has 2 nitrogen and oxygen atoms in total. The van der Waals surface area contributed by atoms with Crippen LogP contribution in [-0.4, -0.2) is 5.91 Å². The molecule has 0 saturated heterocycles. The summed E-state index contributed by atoms with van der Waals surface area (Å²) in [4.78, 5) is 11.9. The van der Waals surface area contributed by atoms with Crippen molar-refractivity contribution in [1.29, 1.82) is 0 Å². The average Bonchev–Trinajstić information content (AvgIpc) is 2.63. The molecule has 0 fully saturated rings. The third-order valence-corrected chi connectivity index (χ3v) is 4.17. The molecule has 2 heteroatoms. The topological polar surface area (TPSA) is 29.1 Å². The van der Waals surface area contributed by atoms with Crippen LogP contribution in [0.5, 0.6) is 0 Å². The molecule has 0 radical (unpaired) electrons. The molecule has 0 aliphatic heterocycles. The van der Waals surface area contributed by atoms with E-state index in [-0.39, 0.29) is 17.9 Å². The van der Waals surface area contributed by atoms with E-state index in [9.17, 15) is 4.79 Å². The molecule has 0 saturated carbocycles. The second kappa shape index (κ2) is 7.60. The molecular weight excluding hydrogens is 294 g/mol. The van der Waals surface area contributed by atoms with Gasteiger partial charge in [0.25, 0.3) is 0 Å². The van der Waals surface area contributed by atoms with Crippen molar-refractivity contribution in [2.45, 2.75) is 18.9 Å². The zero-order chi connectivity index (χ0) is 16.8. The van der Waals surface area contributed by atoms with E-state index in [1.807, 2.05) is 54.6 Å². The highest BCUT2D eigenvalue weighted by atomic mass is 16.1. The van der Waals surface area contributed by atoms with E-state index in [1.54, 1.807) is 6.92 Å². The van der Waals surface area contributed by atoms with Gasteiger partial charge in [-0.1, -0.05) is 91.0 Å². The highest BCUT2D eigenvalue weighted by molar-refractivity contribution is 5.73. The molecule has 1 amide bonds. The Balaban J connectivity index is 2.12. The summed E-state index contributed by atoms with van der Waals surface area (Å²) < 4.78 is 0. The van der Waals surface area contributed by atoms with E-state index in [2.05, 4.69) is 41.7 Å². The Morgan fingerprint density at radius 3 is 1.42 bits per heavy atom. The van der Waals surface area contributed by atoms with E-state index in [4.69, 9.17) is 0 Å². The highest BCUT2D eigenvalue weighted by Gasteiger charge is 2.27. The van der Waals surface area contributed by atoms with Gasteiger partial charge < -0.3 is 5.32 Å². The molecule has 1 atom stereocenters. The molecule has 3 rings (SSSR count). The first-order valence-corrected chi connectivity index (χ1v) is 8.17. The van der Waals surface area contributed by atoms with Gasteiger partial charge in [-0.3, -0.25) is 4.79 Å². The fraction of sp³-hybridized carbons (Fsp3) is 0.136. The number of carbonyl (C=O) groups is 1. The number of rotatable bonds is 5. The summed E-state index contributed by atoms with van der Waals surface area (Å²) in [5, 5.41) is 3.15. The van der Waals surface area contributed by atoms with Gasteiger partial charge in [-0.25, -0.2) is 0 Å². The molecule has 1 N–H and O–H groups in total. The summed E-state index contributed by atoms with van der Waals surface area (Å²) in [6.45, 7) is 1.57. The number of hydrogen-bond donors (Lipinski definition) is 1. The van der Waals surface area contributed by atoms with Crippen molar-refractivity contribution < 1.29 is 4.79 Å². The van der Waals surface area contributed by atoms with Gasteiger partial charge in [0.05, 0.1) is 6.04 Å². The van der Waals surface area contributed by atoms with Crippen molar-refractivity contribution in [3.05, 3.63) is 108 Å². The lowest BCUT2D eigenvalue weighted by atomic mass is 9.82. The Morgan fingerprint density at radius 1 is 0.667 bits per heavy atom. The van der Waals surface area contributed by atoms with E-state index < -0.39 is 0 Å². The van der Waals surface area contributed by atoms with Crippen molar-refractivity contribution >= 4 is 5.91 Å². The Hall–Kier alpha value is -2.87. The summed E-state index contributed by atoms with van der Waals surface area (Å²) in [6.07, 6.45) is 0. The number of hydrogen-bond acceptors (Lipinski definition) is 1. The maximum absolute atomic E-state index is 11.9. The molecule has 0 aliphatic carbocycles. The standard InChI is InChI=1S/C22H21NO/c1-17(24)23-22(20-15-9-4-10-16-20)21(18-11-5-2-6-12-18)19-13-7-3-8-14-19/h2-16,21-22H,1H3,(H,23,24)/t22-/m1/s1. The average molecular weight is 315 g/mol. The molecule has 0 unspecified atom stereocenters. The second-order valence-corrected chi connectivity index (χ2v) is 5.89. The number of nitrogens with one attached hydrogen (secondary N) is 1. The van der Waals surface area contributed by atoms with Crippen LogP contribution >= 0.6 is 0 Å². The summed E-state index contributed by atoms with van der Waals surface area (Å²) in [7, 11) is 0. The lowest BCUT2D eigenvalue weighted by Crippen LogP contribution is -2.31. The Bertz CT molecular complexity index is 729. The SMILES string of the molecule is CC(=O)N[C@H](c1ccccc1)C(c1ccccc1)c1ccccc1. The summed E-state index contributed by atoms with van der Waals surface area (Å²) in [6, 6.07) is 30.7. The Morgan fingerprint density at radius 2 is 1.04 bits per heavy atom. The molecule has 0 heterocycles. The Labute approximate surface area is 143 Å². The third-order valence-electron chi connectivity index (χ3n) is 4.17. The van der Waals surface area contributed by atoms with Gasteiger partial charge in [-0.15, -0.1) is 0 Å². The molecule has 0 bridgehead atoms. The summed E-state index contributed by atoms with van der Waals surface area (Å²) in [5.74, 6) is 0.0272. The summed E-state index contributed by atoms with van der Waals surface area (Å²) >= 11 is 0. The lowest BCUT2D eigenvalue weighted by molar-refractivity contribution is -0.119. The maximum Gasteiger partial charge on any atom is 0.217 e. The van der Waals surface area contributed by atoms with Crippen LogP contribution in [0.4, 0.5) is 0 Å². The molecule has 0 aliphatic rings. The van der Waals surface area contributed by atoms with Gasteiger partial charge in [-0.05, 0) is 16.7 Å². The zero-order valence-corrected chi connectivity index (χ0v) is 13.7. The predicted molar refractivity (Wildman–Crippen MR) is 97.7 cm³/mol. The fourth-order valence-electron chi connectivity index (χ4n) is 3.14. The van der Waals surface area contributed by atoms with Gasteiger partial charge in [0.2, 0.25) is 5.91 Å². The zero-order valence-electron chi connectivity index (χ0n) is 13.7. The predicted octanol–water partition coefficient (Wildman–Crippen LogP) is 4.70. The fourth-order valence-corrected chi connectivity index (χ4v) is 3.14. The summed E-state index contributed by atoms with van der Waals surface area (Å²) in [5.41, 5.74) is 3.48. The Kier molecular flexibility index (Phi) is 5.07. The van der Waals surface area contributed by atoms with Gasteiger partial charge in [0, 0.05) is 12.8 Å². The van der Waals surface area contributed by atoms with E-state index in [1.165, 1.54) is 11.1 Å². The van der Waals surface area contributed by atoms with E-state index in [0.717, 1.165) is 5.56 Å².